The van der Waals surface area contributed by atoms with E-state index in [1.165, 1.54) is 13.0 Å². The van der Waals surface area contributed by atoms with Gasteiger partial charge in [-0.15, -0.1) is 0 Å². The van der Waals surface area contributed by atoms with Crippen LogP contribution in [0.1, 0.15) is 38.2 Å². The van der Waals surface area contributed by atoms with Gasteiger partial charge in [0.05, 0.1) is 10.5 Å². The monoisotopic (exact) mass is 326 g/mol. The molecule has 0 spiro atoms. The number of amides is 1. The molecule has 22 heavy (non-hydrogen) atoms. The first kappa shape index (κ1) is 16.9. The summed E-state index contributed by atoms with van der Waals surface area (Å²) in [5.41, 5.74) is 0.160. The number of sulfonamides is 1. The lowest BCUT2D eigenvalue weighted by Crippen LogP contribution is -2.40. The third-order valence-corrected chi connectivity index (χ3v) is 5.47. The van der Waals surface area contributed by atoms with Crippen molar-refractivity contribution >= 4 is 21.6 Å². The Bertz CT molecular complexity index is 664. The van der Waals surface area contributed by atoms with Gasteiger partial charge in [0.25, 0.3) is 0 Å². The van der Waals surface area contributed by atoms with Crippen molar-refractivity contribution < 1.29 is 18.3 Å². The Morgan fingerprint density at radius 3 is 2.50 bits per heavy atom. The van der Waals surface area contributed by atoms with E-state index in [0.717, 1.165) is 12.8 Å². The summed E-state index contributed by atoms with van der Waals surface area (Å²) in [6.07, 6.45) is 3.08. The quantitative estimate of drug-likeness (QED) is 0.765. The first-order valence-corrected chi connectivity index (χ1v) is 8.80. The Morgan fingerprint density at radius 2 is 1.95 bits per heavy atom. The largest absolute Gasteiger partial charge is 0.389 e. The van der Waals surface area contributed by atoms with Crippen LogP contribution in [0.3, 0.4) is 0 Å². The number of carbonyl (C=O) groups excluding carboxylic acids is 1. The topological polar surface area (TPSA) is 95.5 Å². The summed E-state index contributed by atoms with van der Waals surface area (Å²) in [6, 6.07) is 4.62. The van der Waals surface area contributed by atoms with Crippen LogP contribution >= 0.6 is 0 Å². The molecular formula is C15H22N2O4S. The van der Waals surface area contributed by atoms with E-state index in [4.69, 9.17) is 0 Å². The zero-order valence-electron chi connectivity index (χ0n) is 12.8. The average molecular weight is 326 g/mol. The van der Waals surface area contributed by atoms with Gasteiger partial charge in [0.2, 0.25) is 15.9 Å². The van der Waals surface area contributed by atoms with E-state index in [2.05, 4.69) is 10.0 Å². The second-order valence-electron chi connectivity index (χ2n) is 5.92. The first-order valence-electron chi connectivity index (χ1n) is 7.32. The zero-order chi connectivity index (χ0) is 16.4. The Hall–Kier alpha value is -1.44. The molecule has 0 saturated heterocycles. The number of rotatable bonds is 5. The Balaban J connectivity index is 2.13. The highest BCUT2D eigenvalue weighted by Gasteiger charge is 2.32. The van der Waals surface area contributed by atoms with Gasteiger partial charge in [-0.1, -0.05) is 12.8 Å². The standard InChI is InChI=1S/C15H22N2O4S/c1-11-9-13(17-12(2)18)5-6-14(11)22(20,21)16-10-15(19)7-3-4-8-15/h5-6,9,16,19H,3-4,7-8,10H2,1-2H3,(H,17,18). The van der Waals surface area contributed by atoms with Crippen molar-refractivity contribution in [3.63, 3.8) is 0 Å². The molecule has 0 bridgehead atoms. The van der Waals surface area contributed by atoms with Crippen LogP contribution in [0.25, 0.3) is 0 Å². The highest BCUT2D eigenvalue weighted by molar-refractivity contribution is 7.89. The molecule has 0 heterocycles. The fourth-order valence-electron chi connectivity index (χ4n) is 2.75. The van der Waals surface area contributed by atoms with Gasteiger partial charge in [-0.25, -0.2) is 13.1 Å². The smallest absolute Gasteiger partial charge is 0.240 e. The van der Waals surface area contributed by atoms with Crippen molar-refractivity contribution in [2.75, 3.05) is 11.9 Å². The molecule has 1 aliphatic rings. The van der Waals surface area contributed by atoms with Gasteiger partial charge in [0.15, 0.2) is 0 Å². The fourth-order valence-corrected chi connectivity index (χ4v) is 4.09. The van der Waals surface area contributed by atoms with Gasteiger partial charge in [0, 0.05) is 19.2 Å². The minimum absolute atomic E-state index is 0.0300. The van der Waals surface area contributed by atoms with Crippen LogP contribution in [0.4, 0.5) is 5.69 Å². The summed E-state index contributed by atoms with van der Waals surface area (Å²) in [7, 11) is -3.68. The molecule has 0 atom stereocenters. The van der Waals surface area contributed by atoms with Crippen LogP contribution in [-0.4, -0.2) is 31.6 Å². The summed E-state index contributed by atoms with van der Waals surface area (Å²) in [5.74, 6) is -0.211. The minimum atomic E-state index is -3.68. The third-order valence-electron chi connectivity index (χ3n) is 3.91. The third kappa shape index (κ3) is 4.06. The molecule has 1 saturated carbocycles. The molecule has 2 rings (SSSR count). The van der Waals surface area contributed by atoms with Gasteiger partial charge in [-0.3, -0.25) is 4.79 Å². The Labute approximate surface area is 131 Å². The van der Waals surface area contributed by atoms with Gasteiger partial charge < -0.3 is 10.4 Å². The van der Waals surface area contributed by atoms with Gasteiger partial charge in [-0.2, -0.15) is 0 Å². The summed E-state index contributed by atoms with van der Waals surface area (Å²) < 4.78 is 27.2. The maximum Gasteiger partial charge on any atom is 0.240 e. The van der Waals surface area contributed by atoms with Crippen molar-refractivity contribution in [1.82, 2.24) is 4.72 Å². The number of aliphatic hydroxyl groups is 1. The van der Waals surface area contributed by atoms with Crippen LogP contribution in [0.15, 0.2) is 23.1 Å². The highest BCUT2D eigenvalue weighted by Crippen LogP contribution is 2.29. The van der Waals surface area contributed by atoms with E-state index in [-0.39, 0.29) is 17.3 Å². The maximum absolute atomic E-state index is 12.4. The lowest BCUT2D eigenvalue weighted by molar-refractivity contribution is -0.114. The molecule has 0 radical (unpaired) electrons. The summed E-state index contributed by atoms with van der Waals surface area (Å²) in [5, 5.41) is 12.9. The summed E-state index contributed by atoms with van der Waals surface area (Å²) >= 11 is 0. The Kier molecular flexibility index (Phi) is 4.89. The molecule has 3 N–H and O–H groups in total. The number of aryl methyl sites for hydroxylation is 1. The van der Waals surface area contributed by atoms with Gasteiger partial charge >= 0.3 is 0 Å². The molecule has 1 aromatic carbocycles. The second kappa shape index (κ2) is 6.36. The molecule has 0 aliphatic heterocycles. The fraction of sp³-hybridized carbons (Fsp3) is 0.533. The SMILES string of the molecule is CC(=O)Nc1ccc(S(=O)(=O)NCC2(O)CCCC2)c(C)c1. The number of hydrogen-bond acceptors (Lipinski definition) is 4. The lowest BCUT2D eigenvalue weighted by atomic mass is 10.0. The predicted molar refractivity (Wildman–Crippen MR) is 84.1 cm³/mol. The van der Waals surface area contributed by atoms with Crippen LogP contribution in [0.5, 0.6) is 0 Å². The predicted octanol–water partition coefficient (Wildman–Crippen LogP) is 1.54. The second-order valence-corrected chi connectivity index (χ2v) is 7.65. The van der Waals surface area contributed by atoms with Crippen LogP contribution < -0.4 is 10.0 Å². The molecule has 1 aromatic rings. The number of carbonyl (C=O) groups is 1. The number of benzene rings is 1. The first-order chi connectivity index (χ1) is 10.2. The molecule has 1 aliphatic carbocycles. The summed E-state index contributed by atoms with van der Waals surface area (Å²) in [6.45, 7) is 3.09. The molecule has 6 nitrogen and oxygen atoms in total. The van der Waals surface area contributed by atoms with Crippen LogP contribution in [0.2, 0.25) is 0 Å². The molecule has 0 aromatic heterocycles. The van der Waals surface area contributed by atoms with E-state index < -0.39 is 15.6 Å². The Morgan fingerprint density at radius 1 is 1.32 bits per heavy atom. The van der Waals surface area contributed by atoms with Crippen LogP contribution in [-0.2, 0) is 14.8 Å². The molecule has 7 heteroatoms. The summed E-state index contributed by atoms with van der Waals surface area (Å²) in [4.78, 5) is 11.2. The van der Waals surface area contributed by atoms with E-state index >= 15 is 0 Å². The number of anilines is 1. The lowest BCUT2D eigenvalue weighted by Gasteiger charge is -2.22. The molecular weight excluding hydrogens is 304 g/mol. The van der Waals surface area contributed by atoms with Crippen LogP contribution in [0, 0.1) is 6.92 Å². The zero-order valence-corrected chi connectivity index (χ0v) is 13.7. The minimum Gasteiger partial charge on any atom is -0.389 e. The van der Waals surface area contributed by atoms with Crippen molar-refractivity contribution in [2.24, 2.45) is 0 Å². The molecule has 122 valence electrons. The highest BCUT2D eigenvalue weighted by atomic mass is 32.2. The van der Waals surface area contributed by atoms with Gasteiger partial charge in [0.1, 0.15) is 0 Å². The number of hydrogen-bond donors (Lipinski definition) is 3. The maximum atomic E-state index is 12.4. The number of nitrogens with one attached hydrogen (secondary N) is 2. The van der Waals surface area contributed by atoms with Gasteiger partial charge in [-0.05, 0) is 43.5 Å². The van der Waals surface area contributed by atoms with Crippen molar-refractivity contribution in [2.45, 2.75) is 50.0 Å². The van der Waals surface area contributed by atoms with E-state index in [9.17, 15) is 18.3 Å². The molecule has 1 amide bonds. The van der Waals surface area contributed by atoms with Crippen molar-refractivity contribution in [1.29, 1.82) is 0 Å². The van der Waals surface area contributed by atoms with Crippen molar-refractivity contribution in [3.8, 4) is 0 Å². The van der Waals surface area contributed by atoms with E-state index in [1.807, 2.05) is 0 Å². The van der Waals surface area contributed by atoms with Crippen molar-refractivity contribution in [3.05, 3.63) is 23.8 Å². The normalized spacial score (nSPS) is 17.4. The average Bonchev–Trinajstić information content (AvgIpc) is 2.83. The molecule has 1 fully saturated rings. The van der Waals surface area contributed by atoms with E-state index in [1.54, 1.807) is 19.1 Å². The van der Waals surface area contributed by atoms with E-state index in [0.29, 0.717) is 24.1 Å². The molecule has 0 unspecified atom stereocenters.